The van der Waals surface area contributed by atoms with Gasteiger partial charge < -0.3 is 9.84 Å². The van der Waals surface area contributed by atoms with Gasteiger partial charge in [-0.3, -0.25) is 9.69 Å². The molecule has 5 nitrogen and oxygen atoms in total. The van der Waals surface area contributed by atoms with Crippen molar-refractivity contribution in [3.8, 4) is 5.75 Å². The molecule has 3 rings (SSSR count). The molecule has 7 heteroatoms. The van der Waals surface area contributed by atoms with Crippen LogP contribution in [-0.4, -0.2) is 23.6 Å². The van der Waals surface area contributed by atoms with Crippen LogP contribution in [0.25, 0.3) is 0 Å². The number of anilines is 2. The van der Waals surface area contributed by atoms with E-state index in [1.54, 1.807) is 19.1 Å². The Labute approximate surface area is 148 Å². The Kier molecular flexibility index (Phi) is 4.39. The molecular weight excluding hydrogens is 344 g/mol. The van der Waals surface area contributed by atoms with E-state index < -0.39 is 18.0 Å². The summed E-state index contributed by atoms with van der Waals surface area (Å²) in [6.45, 7) is 0.625. The van der Waals surface area contributed by atoms with Gasteiger partial charge in [-0.2, -0.15) is 8.78 Å². The minimum atomic E-state index is -2.97. The molecule has 0 bridgehead atoms. The summed E-state index contributed by atoms with van der Waals surface area (Å²) in [7, 11) is 0. The lowest BCUT2D eigenvalue weighted by Crippen LogP contribution is -2.35. The monoisotopic (exact) mass is 361 g/mol. The standard InChI is InChI=1S/C19H17F2NO4/c1-3-19(2)14-9-11(16(23)24)7-8-15(14)22(17(19)25)12-5-4-6-13(10-12)26-18(20)21/h4-10,18H,3H2,1-2H3,(H,23,24). The fourth-order valence-electron chi connectivity index (χ4n) is 3.17. The Morgan fingerprint density at radius 1 is 1.27 bits per heavy atom. The zero-order valence-electron chi connectivity index (χ0n) is 14.2. The maximum absolute atomic E-state index is 13.1. The van der Waals surface area contributed by atoms with Crippen molar-refractivity contribution in [3.63, 3.8) is 0 Å². The highest BCUT2D eigenvalue weighted by Crippen LogP contribution is 2.47. The normalized spacial score (nSPS) is 19.0. The van der Waals surface area contributed by atoms with Gasteiger partial charge in [-0.25, -0.2) is 4.79 Å². The second-order valence-electron chi connectivity index (χ2n) is 6.24. The maximum atomic E-state index is 13.1. The van der Waals surface area contributed by atoms with Crippen LogP contribution < -0.4 is 9.64 Å². The number of benzene rings is 2. The molecule has 0 aromatic heterocycles. The lowest BCUT2D eigenvalue weighted by molar-refractivity contribution is -0.122. The summed E-state index contributed by atoms with van der Waals surface area (Å²) >= 11 is 0. The van der Waals surface area contributed by atoms with Crippen molar-refractivity contribution in [1.29, 1.82) is 0 Å². The smallest absolute Gasteiger partial charge is 0.387 e. The van der Waals surface area contributed by atoms with Crippen LogP contribution in [-0.2, 0) is 10.2 Å². The third kappa shape index (κ3) is 2.79. The first-order valence-electron chi connectivity index (χ1n) is 8.05. The molecule has 26 heavy (non-hydrogen) atoms. The van der Waals surface area contributed by atoms with Crippen LogP contribution in [0.1, 0.15) is 36.2 Å². The number of aromatic carboxylic acids is 1. The third-order valence-electron chi connectivity index (χ3n) is 4.76. The summed E-state index contributed by atoms with van der Waals surface area (Å²) in [5.41, 5.74) is 0.714. The zero-order valence-corrected chi connectivity index (χ0v) is 14.2. The molecule has 1 unspecified atom stereocenters. The Morgan fingerprint density at radius 3 is 2.62 bits per heavy atom. The van der Waals surface area contributed by atoms with Gasteiger partial charge in [0.15, 0.2) is 0 Å². The van der Waals surface area contributed by atoms with Crippen molar-refractivity contribution in [2.24, 2.45) is 0 Å². The van der Waals surface area contributed by atoms with Gasteiger partial charge in [-0.15, -0.1) is 0 Å². The highest BCUT2D eigenvalue weighted by Gasteiger charge is 2.47. The molecule has 1 N–H and O–H groups in total. The molecule has 0 saturated heterocycles. The first-order chi connectivity index (χ1) is 12.3. The number of alkyl halides is 2. The molecule has 0 radical (unpaired) electrons. The molecule has 0 fully saturated rings. The van der Waals surface area contributed by atoms with Gasteiger partial charge in [0.1, 0.15) is 5.75 Å². The molecule has 0 aliphatic carbocycles. The number of carboxylic acids is 1. The number of fused-ring (bicyclic) bond motifs is 1. The van der Waals surface area contributed by atoms with Crippen molar-refractivity contribution in [2.45, 2.75) is 32.3 Å². The van der Waals surface area contributed by atoms with Gasteiger partial charge in [0, 0.05) is 6.07 Å². The van der Waals surface area contributed by atoms with E-state index in [4.69, 9.17) is 0 Å². The fourth-order valence-corrected chi connectivity index (χ4v) is 3.17. The minimum absolute atomic E-state index is 0.0564. The van der Waals surface area contributed by atoms with Crippen molar-refractivity contribution in [3.05, 3.63) is 53.6 Å². The molecule has 1 aliphatic heterocycles. The molecular formula is C19H17F2NO4. The molecule has 1 atom stereocenters. The molecule has 136 valence electrons. The number of hydrogen-bond acceptors (Lipinski definition) is 3. The summed E-state index contributed by atoms with van der Waals surface area (Å²) in [5, 5.41) is 9.24. The first kappa shape index (κ1) is 17.8. The minimum Gasteiger partial charge on any atom is -0.478 e. The third-order valence-corrected chi connectivity index (χ3v) is 4.76. The van der Waals surface area contributed by atoms with Crippen LogP contribution in [0.3, 0.4) is 0 Å². The number of carbonyl (C=O) groups excluding carboxylic acids is 1. The van der Waals surface area contributed by atoms with E-state index in [0.717, 1.165) is 0 Å². The first-order valence-corrected chi connectivity index (χ1v) is 8.05. The van der Waals surface area contributed by atoms with E-state index in [2.05, 4.69) is 4.74 Å². The van der Waals surface area contributed by atoms with Crippen LogP contribution in [0.5, 0.6) is 5.75 Å². The van der Waals surface area contributed by atoms with Crippen LogP contribution in [0.4, 0.5) is 20.2 Å². The van der Waals surface area contributed by atoms with Gasteiger partial charge in [-0.1, -0.05) is 13.0 Å². The largest absolute Gasteiger partial charge is 0.478 e. The van der Waals surface area contributed by atoms with Crippen LogP contribution in [0.15, 0.2) is 42.5 Å². The van der Waals surface area contributed by atoms with Gasteiger partial charge in [0.25, 0.3) is 0 Å². The van der Waals surface area contributed by atoms with E-state index in [0.29, 0.717) is 23.4 Å². The predicted octanol–water partition coefficient (Wildman–Crippen LogP) is 4.33. The number of halogens is 2. The Hall–Kier alpha value is -2.96. The van der Waals surface area contributed by atoms with Gasteiger partial charge >= 0.3 is 12.6 Å². The second kappa shape index (κ2) is 6.40. The molecule has 1 aliphatic rings. The number of rotatable bonds is 5. The molecule has 1 amide bonds. The molecule has 2 aromatic rings. The molecule has 0 saturated carbocycles. The number of nitrogens with zero attached hydrogens (tertiary/aromatic N) is 1. The topological polar surface area (TPSA) is 66.8 Å². The average Bonchev–Trinajstić information content (AvgIpc) is 2.82. The predicted molar refractivity (Wildman–Crippen MR) is 91.3 cm³/mol. The Balaban J connectivity index is 2.13. The second-order valence-corrected chi connectivity index (χ2v) is 6.24. The maximum Gasteiger partial charge on any atom is 0.387 e. The molecule has 0 spiro atoms. The van der Waals surface area contributed by atoms with Crippen LogP contribution in [0.2, 0.25) is 0 Å². The van der Waals surface area contributed by atoms with Crippen molar-refractivity contribution < 1.29 is 28.2 Å². The average molecular weight is 361 g/mol. The molecule has 2 aromatic carbocycles. The van der Waals surface area contributed by atoms with E-state index >= 15 is 0 Å². The van der Waals surface area contributed by atoms with Gasteiger partial charge in [0.2, 0.25) is 5.91 Å². The number of amides is 1. The highest BCUT2D eigenvalue weighted by atomic mass is 19.3. The fraction of sp³-hybridized carbons (Fsp3) is 0.263. The van der Waals surface area contributed by atoms with E-state index in [9.17, 15) is 23.5 Å². The number of ether oxygens (including phenoxy) is 1. The summed E-state index contributed by atoms with van der Waals surface area (Å²) in [5.74, 6) is -1.38. The quantitative estimate of drug-likeness (QED) is 0.861. The summed E-state index contributed by atoms with van der Waals surface area (Å²) in [4.78, 5) is 25.8. The van der Waals surface area contributed by atoms with Crippen molar-refractivity contribution in [2.75, 3.05) is 4.90 Å². The van der Waals surface area contributed by atoms with Gasteiger partial charge in [0.05, 0.1) is 22.4 Å². The van der Waals surface area contributed by atoms with Crippen LogP contribution in [0, 0.1) is 0 Å². The van der Waals surface area contributed by atoms with E-state index in [1.165, 1.54) is 35.2 Å². The Morgan fingerprint density at radius 2 is 2.00 bits per heavy atom. The SMILES string of the molecule is CCC1(C)C(=O)N(c2cccc(OC(F)F)c2)c2ccc(C(=O)O)cc21. The number of hydrogen-bond donors (Lipinski definition) is 1. The summed E-state index contributed by atoms with van der Waals surface area (Å²) in [6.07, 6.45) is 0.464. The lowest BCUT2D eigenvalue weighted by atomic mass is 9.81. The van der Waals surface area contributed by atoms with Crippen molar-refractivity contribution >= 4 is 23.3 Å². The van der Waals surface area contributed by atoms with Crippen LogP contribution >= 0.6 is 0 Å². The van der Waals surface area contributed by atoms with E-state index in [1.807, 2.05) is 6.92 Å². The van der Waals surface area contributed by atoms with E-state index in [-0.39, 0.29) is 17.2 Å². The highest BCUT2D eigenvalue weighted by molar-refractivity contribution is 6.13. The number of carboxylic acid groups (broad SMARTS) is 1. The Bertz CT molecular complexity index is 884. The van der Waals surface area contributed by atoms with Gasteiger partial charge in [-0.05, 0) is 49.2 Å². The van der Waals surface area contributed by atoms with Crippen molar-refractivity contribution in [1.82, 2.24) is 0 Å². The zero-order chi connectivity index (χ0) is 19.1. The molecule has 1 heterocycles. The lowest BCUT2D eigenvalue weighted by Gasteiger charge is -2.23. The summed E-state index contributed by atoms with van der Waals surface area (Å²) in [6, 6.07) is 10.4. The summed E-state index contributed by atoms with van der Waals surface area (Å²) < 4.78 is 29.4. The number of carbonyl (C=O) groups is 2.